The van der Waals surface area contributed by atoms with Crippen LogP contribution >= 0.6 is 0 Å². The van der Waals surface area contributed by atoms with Gasteiger partial charge in [0.1, 0.15) is 11.6 Å². The number of aromatic hydroxyl groups is 1. The molecule has 0 radical (unpaired) electrons. The monoisotopic (exact) mass is 195 g/mol. The molecular formula is C11H14FNO. The number of nitrogens with two attached hydrogens (primary N) is 1. The fourth-order valence-electron chi connectivity index (χ4n) is 1.66. The highest BCUT2D eigenvalue weighted by Gasteiger charge is 2.24. The van der Waals surface area contributed by atoms with Crippen molar-refractivity contribution < 1.29 is 9.50 Å². The molecule has 0 aliphatic heterocycles. The first kappa shape index (κ1) is 9.46. The summed E-state index contributed by atoms with van der Waals surface area (Å²) in [4.78, 5) is 0. The molecule has 1 aromatic rings. The maximum Gasteiger partial charge on any atom is 0.127 e. The Bertz CT molecular complexity index is 316. The Morgan fingerprint density at radius 2 is 2.14 bits per heavy atom. The van der Waals surface area contributed by atoms with E-state index in [1.54, 1.807) is 0 Å². The SMILES string of the molecule is N[C@@H](CC1CC1)c1cc(O)cc(F)c1. The van der Waals surface area contributed by atoms with Gasteiger partial charge in [-0.3, -0.25) is 0 Å². The van der Waals surface area contributed by atoms with E-state index < -0.39 is 5.82 Å². The van der Waals surface area contributed by atoms with Gasteiger partial charge in [-0.15, -0.1) is 0 Å². The maximum absolute atomic E-state index is 12.9. The van der Waals surface area contributed by atoms with Crippen molar-refractivity contribution in [1.29, 1.82) is 0 Å². The number of phenols is 1. The van der Waals surface area contributed by atoms with Gasteiger partial charge >= 0.3 is 0 Å². The second kappa shape index (κ2) is 3.58. The van der Waals surface area contributed by atoms with E-state index in [4.69, 9.17) is 5.73 Å². The van der Waals surface area contributed by atoms with E-state index in [0.717, 1.165) is 12.5 Å². The molecule has 0 unspecified atom stereocenters. The molecule has 2 rings (SSSR count). The predicted octanol–water partition coefficient (Wildman–Crippen LogP) is 2.33. The van der Waals surface area contributed by atoms with E-state index in [0.29, 0.717) is 11.5 Å². The van der Waals surface area contributed by atoms with Crippen LogP contribution in [-0.4, -0.2) is 5.11 Å². The van der Waals surface area contributed by atoms with Crippen LogP contribution in [0.3, 0.4) is 0 Å². The molecule has 3 N–H and O–H groups in total. The highest BCUT2D eigenvalue weighted by molar-refractivity contribution is 5.30. The number of hydrogen-bond donors (Lipinski definition) is 2. The van der Waals surface area contributed by atoms with Crippen LogP contribution in [0.2, 0.25) is 0 Å². The maximum atomic E-state index is 12.9. The summed E-state index contributed by atoms with van der Waals surface area (Å²) in [6.45, 7) is 0. The summed E-state index contributed by atoms with van der Waals surface area (Å²) < 4.78 is 12.9. The average molecular weight is 195 g/mol. The Hall–Kier alpha value is -1.09. The molecule has 0 spiro atoms. The molecule has 0 aromatic heterocycles. The zero-order valence-corrected chi connectivity index (χ0v) is 7.91. The standard InChI is InChI=1S/C11H14FNO/c12-9-4-8(5-10(14)6-9)11(13)3-7-1-2-7/h4-7,11,14H,1-3,13H2/t11-/m0/s1. The van der Waals surface area contributed by atoms with Crippen LogP contribution in [-0.2, 0) is 0 Å². The van der Waals surface area contributed by atoms with Crippen molar-refractivity contribution in [2.45, 2.75) is 25.3 Å². The topological polar surface area (TPSA) is 46.2 Å². The lowest BCUT2D eigenvalue weighted by Gasteiger charge is -2.11. The van der Waals surface area contributed by atoms with Crippen LogP contribution in [0.5, 0.6) is 5.75 Å². The lowest BCUT2D eigenvalue weighted by Crippen LogP contribution is -2.11. The van der Waals surface area contributed by atoms with E-state index in [1.165, 1.54) is 25.0 Å². The Balaban J connectivity index is 2.12. The lowest BCUT2D eigenvalue weighted by atomic mass is 10.0. The molecule has 1 aromatic carbocycles. The summed E-state index contributed by atoms with van der Waals surface area (Å²) in [7, 11) is 0. The zero-order valence-electron chi connectivity index (χ0n) is 7.91. The van der Waals surface area contributed by atoms with Gasteiger partial charge in [-0.05, 0) is 30.0 Å². The van der Waals surface area contributed by atoms with Crippen LogP contribution in [0.25, 0.3) is 0 Å². The second-order valence-electron chi connectivity index (χ2n) is 4.03. The molecule has 3 heteroatoms. The van der Waals surface area contributed by atoms with Gasteiger partial charge in [0.15, 0.2) is 0 Å². The number of benzene rings is 1. The quantitative estimate of drug-likeness (QED) is 0.777. The molecule has 0 heterocycles. The van der Waals surface area contributed by atoms with Gasteiger partial charge in [-0.2, -0.15) is 0 Å². The molecule has 1 aliphatic rings. The minimum atomic E-state index is -0.425. The average Bonchev–Trinajstić information content (AvgIpc) is 2.86. The molecule has 76 valence electrons. The summed E-state index contributed by atoms with van der Waals surface area (Å²) in [5.41, 5.74) is 6.59. The summed E-state index contributed by atoms with van der Waals surface area (Å²) in [5.74, 6) is 0.230. The predicted molar refractivity (Wildman–Crippen MR) is 52.3 cm³/mol. The van der Waals surface area contributed by atoms with E-state index in [9.17, 15) is 9.50 Å². The smallest absolute Gasteiger partial charge is 0.127 e. The van der Waals surface area contributed by atoms with Crippen molar-refractivity contribution in [1.82, 2.24) is 0 Å². The third-order valence-corrected chi connectivity index (χ3v) is 2.62. The number of hydrogen-bond acceptors (Lipinski definition) is 2. The second-order valence-corrected chi connectivity index (χ2v) is 4.03. The molecule has 1 atom stereocenters. The summed E-state index contributed by atoms with van der Waals surface area (Å²) >= 11 is 0. The Morgan fingerprint density at radius 1 is 1.43 bits per heavy atom. The van der Waals surface area contributed by atoms with Crippen molar-refractivity contribution in [3.05, 3.63) is 29.6 Å². The van der Waals surface area contributed by atoms with E-state index in [-0.39, 0.29) is 11.8 Å². The fraction of sp³-hybridized carbons (Fsp3) is 0.455. The molecule has 1 saturated carbocycles. The minimum Gasteiger partial charge on any atom is -0.508 e. The molecule has 0 amide bonds. The van der Waals surface area contributed by atoms with E-state index in [1.807, 2.05) is 0 Å². The molecule has 1 fully saturated rings. The first-order chi connectivity index (χ1) is 6.65. The third kappa shape index (κ3) is 2.23. The number of phenolic OH excluding ortho intramolecular Hbond substituents is 1. The lowest BCUT2D eigenvalue weighted by molar-refractivity contribution is 0.465. The minimum absolute atomic E-state index is 0.0498. The van der Waals surface area contributed by atoms with Crippen molar-refractivity contribution in [2.75, 3.05) is 0 Å². The van der Waals surface area contributed by atoms with Crippen molar-refractivity contribution in [2.24, 2.45) is 11.7 Å². The van der Waals surface area contributed by atoms with Crippen LogP contribution in [0.15, 0.2) is 18.2 Å². The van der Waals surface area contributed by atoms with Crippen LogP contribution < -0.4 is 5.73 Å². The van der Waals surface area contributed by atoms with Gasteiger partial charge in [-0.1, -0.05) is 12.8 Å². The van der Waals surface area contributed by atoms with Crippen molar-refractivity contribution in [3.63, 3.8) is 0 Å². The van der Waals surface area contributed by atoms with Gasteiger partial charge in [0, 0.05) is 12.1 Å². The van der Waals surface area contributed by atoms with Gasteiger partial charge in [0.2, 0.25) is 0 Å². The van der Waals surface area contributed by atoms with Gasteiger partial charge in [0.05, 0.1) is 0 Å². The first-order valence-electron chi connectivity index (χ1n) is 4.90. The van der Waals surface area contributed by atoms with Gasteiger partial charge in [-0.25, -0.2) is 4.39 Å². The number of halogens is 1. The molecule has 0 bridgehead atoms. The molecule has 14 heavy (non-hydrogen) atoms. The van der Waals surface area contributed by atoms with Crippen LogP contribution in [0, 0.1) is 11.7 Å². The van der Waals surface area contributed by atoms with Crippen molar-refractivity contribution in [3.8, 4) is 5.75 Å². The third-order valence-electron chi connectivity index (χ3n) is 2.62. The fourth-order valence-corrected chi connectivity index (χ4v) is 1.66. The normalized spacial score (nSPS) is 18.1. The molecule has 1 aliphatic carbocycles. The number of rotatable bonds is 3. The molecule has 0 saturated heterocycles. The summed E-state index contributed by atoms with van der Waals surface area (Å²) in [5, 5.41) is 9.20. The summed E-state index contributed by atoms with van der Waals surface area (Å²) in [6, 6.07) is 3.88. The Kier molecular flexibility index (Phi) is 2.42. The van der Waals surface area contributed by atoms with Crippen LogP contribution in [0.1, 0.15) is 30.9 Å². The first-order valence-corrected chi connectivity index (χ1v) is 4.90. The van der Waals surface area contributed by atoms with Gasteiger partial charge < -0.3 is 10.8 Å². The highest BCUT2D eigenvalue weighted by atomic mass is 19.1. The van der Waals surface area contributed by atoms with Crippen molar-refractivity contribution >= 4 is 0 Å². The zero-order chi connectivity index (χ0) is 10.1. The Labute approximate surface area is 82.5 Å². The molecular weight excluding hydrogens is 181 g/mol. The highest BCUT2D eigenvalue weighted by Crippen LogP contribution is 2.37. The summed E-state index contributed by atoms with van der Waals surface area (Å²) in [6.07, 6.45) is 3.35. The Morgan fingerprint density at radius 3 is 2.71 bits per heavy atom. The largest absolute Gasteiger partial charge is 0.508 e. The van der Waals surface area contributed by atoms with Gasteiger partial charge in [0.25, 0.3) is 0 Å². The molecule has 2 nitrogen and oxygen atoms in total. The van der Waals surface area contributed by atoms with E-state index >= 15 is 0 Å². The van der Waals surface area contributed by atoms with Crippen LogP contribution in [0.4, 0.5) is 4.39 Å². The van der Waals surface area contributed by atoms with E-state index in [2.05, 4.69) is 0 Å².